The number of rotatable bonds is 5. The zero-order valence-electron chi connectivity index (χ0n) is 19.3. The Labute approximate surface area is 204 Å². The van der Waals surface area contributed by atoms with E-state index >= 15 is 0 Å². The summed E-state index contributed by atoms with van der Waals surface area (Å²) in [5, 5.41) is 0. The van der Waals surface area contributed by atoms with Crippen LogP contribution in [0.5, 0.6) is 0 Å². The van der Waals surface area contributed by atoms with Crippen LogP contribution >= 0.6 is 0 Å². The second-order valence-corrected chi connectivity index (χ2v) is 11.6. The molecule has 0 unspecified atom stereocenters. The second kappa shape index (κ2) is 9.53. The molecule has 1 aliphatic heterocycles. The number of carbonyl (C=O) groups is 2. The van der Waals surface area contributed by atoms with E-state index in [1.165, 1.54) is 18.7 Å². The van der Waals surface area contributed by atoms with Crippen LogP contribution in [-0.4, -0.2) is 49.0 Å². The molecule has 2 aromatic rings. The number of carbonyl (C=O) groups excluding carboxylic acids is 2. The molecule has 1 aliphatic rings. The Morgan fingerprint density at radius 1 is 0.861 bits per heavy atom. The number of amides is 1. The first-order valence-corrected chi connectivity index (χ1v) is 12.4. The van der Waals surface area contributed by atoms with Crippen LogP contribution in [-0.2, 0) is 16.0 Å². The van der Waals surface area contributed by atoms with E-state index < -0.39 is 60.6 Å². The molecule has 0 bridgehead atoms. The van der Waals surface area contributed by atoms with E-state index in [-0.39, 0.29) is 31.5 Å². The van der Waals surface area contributed by atoms with Crippen LogP contribution in [0.15, 0.2) is 53.4 Å². The van der Waals surface area contributed by atoms with Gasteiger partial charge < -0.3 is 4.90 Å². The Hall–Kier alpha value is -2.89. The van der Waals surface area contributed by atoms with Crippen LogP contribution in [0.3, 0.4) is 0 Å². The fraction of sp³-hybridized carbons (Fsp3) is 0.417. The predicted molar refractivity (Wildman–Crippen MR) is 118 cm³/mol. The molecule has 1 amide bonds. The van der Waals surface area contributed by atoms with E-state index in [4.69, 9.17) is 0 Å². The van der Waals surface area contributed by atoms with Crippen LogP contribution in [0.25, 0.3) is 0 Å². The van der Waals surface area contributed by atoms with Crippen molar-refractivity contribution in [2.75, 3.05) is 13.1 Å². The maximum absolute atomic E-state index is 13.3. The SMILES string of the molecule is CC(C)(C1CCN(C(=O)c2ccc(C(=O)C(F)(F)F)cc2)CC1)S(=O)(=O)c1cccc(C(F)(F)F)c1. The van der Waals surface area contributed by atoms with Crippen LogP contribution in [0.1, 0.15) is 53.0 Å². The number of ketones is 1. The molecule has 0 atom stereocenters. The van der Waals surface area contributed by atoms with Crippen molar-refractivity contribution in [3.63, 3.8) is 0 Å². The fourth-order valence-electron chi connectivity index (χ4n) is 4.25. The van der Waals surface area contributed by atoms with Crippen LogP contribution < -0.4 is 0 Å². The lowest BCUT2D eigenvalue weighted by atomic mass is 9.85. The lowest BCUT2D eigenvalue weighted by Gasteiger charge is -2.40. The average Bonchev–Trinajstić information content (AvgIpc) is 2.82. The van der Waals surface area contributed by atoms with Gasteiger partial charge >= 0.3 is 12.4 Å². The fourth-order valence-corrected chi connectivity index (χ4v) is 6.07. The number of hydrogen-bond donors (Lipinski definition) is 0. The average molecular weight is 536 g/mol. The summed E-state index contributed by atoms with van der Waals surface area (Å²) in [5.74, 6) is -2.97. The molecule has 1 saturated heterocycles. The first kappa shape index (κ1) is 27.7. The van der Waals surface area contributed by atoms with E-state index in [1.54, 1.807) is 0 Å². The van der Waals surface area contributed by atoms with E-state index in [1.807, 2.05) is 0 Å². The Morgan fingerprint density at radius 3 is 1.89 bits per heavy atom. The largest absolute Gasteiger partial charge is 0.454 e. The number of alkyl halides is 6. The van der Waals surface area contributed by atoms with Crippen molar-refractivity contribution in [1.29, 1.82) is 0 Å². The summed E-state index contributed by atoms with van der Waals surface area (Å²) in [6.45, 7) is 3.19. The summed E-state index contributed by atoms with van der Waals surface area (Å²) in [7, 11) is -4.16. The summed E-state index contributed by atoms with van der Waals surface area (Å²) in [4.78, 5) is 25.1. The molecule has 3 rings (SSSR count). The highest BCUT2D eigenvalue weighted by Gasteiger charge is 2.45. The zero-order valence-corrected chi connectivity index (χ0v) is 20.1. The number of sulfone groups is 1. The third kappa shape index (κ3) is 5.42. The molecular weight excluding hydrogens is 512 g/mol. The number of Topliss-reactive ketones (excluding diaryl/α,β-unsaturated/α-hetero) is 1. The minimum atomic E-state index is -5.03. The molecule has 0 spiro atoms. The molecule has 196 valence electrons. The quantitative estimate of drug-likeness (QED) is 0.372. The number of halogens is 6. The maximum atomic E-state index is 13.3. The molecule has 0 aliphatic carbocycles. The molecule has 1 heterocycles. The minimum absolute atomic E-state index is 0.0722. The molecule has 2 aromatic carbocycles. The summed E-state index contributed by atoms with van der Waals surface area (Å²) < 4.78 is 102. The van der Waals surface area contributed by atoms with E-state index in [0.29, 0.717) is 6.07 Å². The number of hydrogen-bond acceptors (Lipinski definition) is 4. The molecule has 1 fully saturated rings. The van der Waals surface area contributed by atoms with Gasteiger partial charge in [0.15, 0.2) is 9.84 Å². The van der Waals surface area contributed by atoms with Crippen LogP contribution in [0.2, 0.25) is 0 Å². The smallest absolute Gasteiger partial charge is 0.339 e. The molecule has 5 nitrogen and oxygen atoms in total. The summed E-state index contributed by atoms with van der Waals surface area (Å²) >= 11 is 0. The Kier molecular flexibility index (Phi) is 7.33. The number of nitrogens with zero attached hydrogens (tertiary/aromatic N) is 1. The highest BCUT2D eigenvalue weighted by Crippen LogP contribution is 2.39. The van der Waals surface area contributed by atoms with Crippen molar-refractivity contribution in [1.82, 2.24) is 4.90 Å². The highest BCUT2D eigenvalue weighted by atomic mass is 32.2. The summed E-state index contributed by atoms with van der Waals surface area (Å²) in [6, 6.07) is 7.65. The van der Waals surface area contributed by atoms with E-state index in [2.05, 4.69) is 0 Å². The van der Waals surface area contributed by atoms with Crippen molar-refractivity contribution >= 4 is 21.5 Å². The third-order valence-corrected chi connectivity index (χ3v) is 9.17. The molecule has 12 heteroatoms. The Bertz CT molecular complexity index is 1240. The molecule has 0 radical (unpaired) electrons. The lowest BCUT2D eigenvalue weighted by Crippen LogP contribution is -2.47. The van der Waals surface area contributed by atoms with Gasteiger partial charge in [-0.1, -0.05) is 18.2 Å². The molecular formula is C24H23F6NO4S. The van der Waals surface area contributed by atoms with Crippen LogP contribution in [0.4, 0.5) is 26.3 Å². The van der Waals surface area contributed by atoms with E-state index in [0.717, 1.165) is 42.5 Å². The number of piperidine rings is 1. The first-order valence-electron chi connectivity index (χ1n) is 10.9. The van der Waals surface area contributed by atoms with Gasteiger partial charge in [0.2, 0.25) is 0 Å². The zero-order chi connectivity index (χ0) is 27.1. The Balaban J connectivity index is 1.71. The molecule has 36 heavy (non-hydrogen) atoms. The normalized spacial score (nSPS) is 16.2. The van der Waals surface area contributed by atoms with Crippen molar-refractivity contribution in [2.45, 2.75) is 48.7 Å². The van der Waals surface area contributed by atoms with Gasteiger partial charge in [-0.3, -0.25) is 9.59 Å². The second-order valence-electron chi connectivity index (χ2n) is 9.10. The van der Waals surface area contributed by atoms with Gasteiger partial charge in [-0.25, -0.2) is 8.42 Å². The lowest BCUT2D eigenvalue weighted by molar-refractivity contribution is -0.137. The van der Waals surface area contributed by atoms with E-state index in [9.17, 15) is 44.3 Å². The number of likely N-dealkylation sites (tertiary alicyclic amines) is 1. The van der Waals surface area contributed by atoms with Gasteiger partial charge in [-0.2, -0.15) is 26.3 Å². The van der Waals surface area contributed by atoms with Gasteiger partial charge in [0.1, 0.15) is 0 Å². The van der Waals surface area contributed by atoms with Crippen molar-refractivity contribution in [3.05, 3.63) is 65.2 Å². The summed E-state index contributed by atoms with van der Waals surface area (Å²) in [5.41, 5.74) is -1.59. The van der Waals surface area contributed by atoms with Crippen molar-refractivity contribution < 1.29 is 44.3 Å². The van der Waals surface area contributed by atoms with Gasteiger partial charge in [0.25, 0.3) is 11.7 Å². The van der Waals surface area contributed by atoms with Crippen molar-refractivity contribution in [3.8, 4) is 0 Å². The standard InChI is InChI=1S/C24H23F6NO4S/c1-22(2,36(34,35)19-5-3-4-18(14-19)23(25,26)27)17-10-12-31(13-11-17)21(33)16-8-6-15(7-9-16)20(32)24(28,29)30/h3-9,14,17H,10-13H2,1-2H3. The first-order chi connectivity index (χ1) is 16.5. The maximum Gasteiger partial charge on any atom is 0.454 e. The topological polar surface area (TPSA) is 71.5 Å². The van der Waals surface area contributed by atoms with Gasteiger partial charge in [-0.05, 0) is 62.9 Å². The summed E-state index contributed by atoms with van der Waals surface area (Å²) in [6.07, 6.45) is -9.22. The molecule has 0 aromatic heterocycles. The minimum Gasteiger partial charge on any atom is -0.339 e. The van der Waals surface area contributed by atoms with Gasteiger partial charge in [-0.15, -0.1) is 0 Å². The predicted octanol–water partition coefficient (Wildman–Crippen LogP) is 5.56. The highest BCUT2D eigenvalue weighted by molar-refractivity contribution is 7.92. The molecule has 0 N–H and O–H groups in total. The van der Waals surface area contributed by atoms with Crippen molar-refractivity contribution in [2.24, 2.45) is 5.92 Å². The number of benzene rings is 2. The van der Waals surface area contributed by atoms with Gasteiger partial charge in [0.05, 0.1) is 15.2 Å². The third-order valence-electron chi connectivity index (χ3n) is 6.58. The molecule has 0 saturated carbocycles. The Morgan fingerprint density at radius 2 is 1.39 bits per heavy atom. The monoisotopic (exact) mass is 535 g/mol. The van der Waals surface area contributed by atoms with Gasteiger partial charge in [0, 0.05) is 24.2 Å². The van der Waals surface area contributed by atoms with Crippen LogP contribution in [0, 0.1) is 5.92 Å².